The number of carbonyl (C=O) groups excluding carboxylic acids is 1. The summed E-state index contributed by atoms with van der Waals surface area (Å²) in [6.45, 7) is 4.56. The van der Waals surface area contributed by atoms with Crippen LogP contribution in [0.3, 0.4) is 0 Å². The maximum absolute atomic E-state index is 13.6. The number of ether oxygens (including phenoxy) is 2. The van der Waals surface area contributed by atoms with Crippen molar-refractivity contribution in [2.75, 3.05) is 13.2 Å². The molecule has 0 fully saturated rings. The van der Waals surface area contributed by atoms with E-state index in [1.165, 1.54) is 12.1 Å². The summed E-state index contributed by atoms with van der Waals surface area (Å²) >= 11 is 0. The lowest BCUT2D eigenvalue weighted by Gasteiger charge is -2.08. The Balaban J connectivity index is 2.59. The number of carbonyl (C=O) groups is 1. The van der Waals surface area contributed by atoms with Gasteiger partial charge in [-0.15, -0.1) is 0 Å². The van der Waals surface area contributed by atoms with E-state index in [1.54, 1.807) is 6.92 Å². The van der Waals surface area contributed by atoms with Crippen LogP contribution in [0.2, 0.25) is 0 Å². The summed E-state index contributed by atoms with van der Waals surface area (Å²) in [5.74, 6) is -0.870. The van der Waals surface area contributed by atoms with E-state index in [2.05, 4.69) is 6.92 Å². The molecule has 1 rings (SSSR count). The van der Waals surface area contributed by atoms with Crippen molar-refractivity contribution in [1.82, 2.24) is 0 Å². The van der Waals surface area contributed by atoms with Crippen molar-refractivity contribution in [1.29, 1.82) is 0 Å². The van der Waals surface area contributed by atoms with E-state index in [4.69, 9.17) is 9.47 Å². The Morgan fingerprint density at radius 1 is 1.28 bits per heavy atom. The molecule has 0 bridgehead atoms. The first-order valence-electron chi connectivity index (χ1n) is 6.28. The van der Waals surface area contributed by atoms with E-state index in [9.17, 15) is 9.18 Å². The second kappa shape index (κ2) is 7.69. The summed E-state index contributed by atoms with van der Waals surface area (Å²) in [7, 11) is 0. The molecule has 0 aliphatic heterocycles. The molecular weight excluding hydrogens is 235 g/mol. The molecule has 18 heavy (non-hydrogen) atoms. The van der Waals surface area contributed by atoms with E-state index in [0.29, 0.717) is 6.61 Å². The molecule has 0 radical (unpaired) electrons. The van der Waals surface area contributed by atoms with Crippen LogP contribution >= 0.6 is 0 Å². The molecule has 0 heterocycles. The van der Waals surface area contributed by atoms with Crippen molar-refractivity contribution in [3.63, 3.8) is 0 Å². The SMILES string of the molecule is CCCCCOc1ccc(C(=O)OCC)cc1F. The van der Waals surface area contributed by atoms with Gasteiger partial charge in [-0.25, -0.2) is 9.18 Å². The Kier molecular flexibility index (Phi) is 6.19. The average Bonchev–Trinajstić information content (AvgIpc) is 2.36. The maximum Gasteiger partial charge on any atom is 0.338 e. The van der Waals surface area contributed by atoms with E-state index in [0.717, 1.165) is 25.3 Å². The molecule has 0 saturated heterocycles. The van der Waals surface area contributed by atoms with Gasteiger partial charge in [0.1, 0.15) is 0 Å². The summed E-state index contributed by atoms with van der Waals surface area (Å²) in [4.78, 5) is 11.4. The summed E-state index contributed by atoms with van der Waals surface area (Å²) in [6.07, 6.45) is 3.05. The molecule has 0 amide bonds. The summed E-state index contributed by atoms with van der Waals surface area (Å²) in [6, 6.07) is 4.12. The smallest absolute Gasteiger partial charge is 0.338 e. The standard InChI is InChI=1S/C14H19FO3/c1-3-5-6-9-18-13-8-7-11(10-12(13)15)14(16)17-4-2/h7-8,10H,3-6,9H2,1-2H3. The van der Waals surface area contributed by atoms with Gasteiger partial charge in [0.15, 0.2) is 11.6 Å². The lowest BCUT2D eigenvalue weighted by atomic mass is 10.2. The highest BCUT2D eigenvalue weighted by molar-refractivity contribution is 5.89. The van der Waals surface area contributed by atoms with Gasteiger partial charge in [0.2, 0.25) is 0 Å². The monoisotopic (exact) mass is 254 g/mol. The second-order valence-corrected chi connectivity index (χ2v) is 3.92. The van der Waals surface area contributed by atoms with Crippen LogP contribution in [-0.2, 0) is 4.74 Å². The first-order chi connectivity index (χ1) is 8.69. The van der Waals surface area contributed by atoms with Crippen molar-refractivity contribution < 1.29 is 18.7 Å². The van der Waals surface area contributed by atoms with Crippen molar-refractivity contribution in [3.05, 3.63) is 29.6 Å². The molecule has 0 aliphatic rings. The van der Waals surface area contributed by atoms with Crippen LogP contribution in [0.15, 0.2) is 18.2 Å². The number of hydrogen-bond donors (Lipinski definition) is 0. The number of esters is 1. The second-order valence-electron chi connectivity index (χ2n) is 3.92. The highest BCUT2D eigenvalue weighted by Crippen LogP contribution is 2.19. The molecule has 3 nitrogen and oxygen atoms in total. The van der Waals surface area contributed by atoms with Gasteiger partial charge >= 0.3 is 5.97 Å². The van der Waals surface area contributed by atoms with Gasteiger partial charge in [0.25, 0.3) is 0 Å². The third kappa shape index (κ3) is 4.35. The quantitative estimate of drug-likeness (QED) is 0.551. The summed E-state index contributed by atoms with van der Waals surface area (Å²) in [5.41, 5.74) is 0.204. The minimum Gasteiger partial charge on any atom is -0.491 e. The first-order valence-corrected chi connectivity index (χ1v) is 6.28. The van der Waals surface area contributed by atoms with Crippen LogP contribution < -0.4 is 4.74 Å². The molecule has 0 aromatic heterocycles. The Morgan fingerprint density at radius 2 is 2.06 bits per heavy atom. The van der Waals surface area contributed by atoms with Crippen LogP contribution in [0.4, 0.5) is 4.39 Å². The minimum atomic E-state index is -0.531. The normalized spacial score (nSPS) is 10.2. The Morgan fingerprint density at radius 3 is 2.67 bits per heavy atom. The van der Waals surface area contributed by atoms with Gasteiger partial charge in [-0.3, -0.25) is 0 Å². The first kappa shape index (κ1) is 14.5. The molecule has 100 valence electrons. The topological polar surface area (TPSA) is 35.5 Å². The fourth-order valence-corrected chi connectivity index (χ4v) is 1.49. The number of benzene rings is 1. The molecule has 1 aromatic rings. The summed E-state index contributed by atoms with van der Waals surface area (Å²) < 4.78 is 23.7. The fourth-order valence-electron chi connectivity index (χ4n) is 1.49. The fraction of sp³-hybridized carbons (Fsp3) is 0.500. The van der Waals surface area contributed by atoms with Gasteiger partial charge in [-0.2, -0.15) is 0 Å². The van der Waals surface area contributed by atoms with E-state index in [-0.39, 0.29) is 17.9 Å². The zero-order valence-electron chi connectivity index (χ0n) is 10.9. The molecular formula is C14H19FO3. The van der Waals surface area contributed by atoms with Gasteiger partial charge < -0.3 is 9.47 Å². The van der Waals surface area contributed by atoms with E-state index < -0.39 is 11.8 Å². The lowest BCUT2D eigenvalue weighted by Crippen LogP contribution is -2.06. The third-order valence-corrected chi connectivity index (χ3v) is 2.45. The number of hydrogen-bond acceptors (Lipinski definition) is 3. The predicted molar refractivity (Wildman–Crippen MR) is 67.4 cm³/mol. The molecule has 0 saturated carbocycles. The van der Waals surface area contributed by atoms with Crippen LogP contribution in [0.25, 0.3) is 0 Å². The predicted octanol–water partition coefficient (Wildman–Crippen LogP) is 3.57. The van der Waals surface area contributed by atoms with Crippen molar-refractivity contribution in [2.45, 2.75) is 33.1 Å². The summed E-state index contributed by atoms with van der Waals surface area (Å²) in [5, 5.41) is 0. The number of halogens is 1. The zero-order chi connectivity index (χ0) is 13.4. The highest BCUT2D eigenvalue weighted by Gasteiger charge is 2.11. The molecule has 0 unspecified atom stereocenters. The third-order valence-electron chi connectivity index (χ3n) is 2.45. The maximum atomic E-state index is 13.6. The lowest BCUT2D eigenvalue weighted by molar-refractivity contribution is 0.0525. The molecule has 0 aliphatic carbocycles. The number of rotatable bonds is 7. The van der Waals surface area contributed by atoms with Crippen molar-refractivity contribution in [3.8, 4) is 5.75 Å². The van der Waals surface area contributed by atoms with Gasteiger partial charge in [-0.1, -0.05) is 19.8 Å². The Bertz CT molecular complexity index is 391. The molecule has 0 N–H and O–H groups in total. The molecule has 0 spiro atoms. The zero-order valence-corrected chi connectivity index (χ0v) is 10.9. The molecule has 0 atom stereocenters. The Hall–Kier alpha value is -1.58. The van der Waals surface area contributed by atoms with Crippen LogP contribution in [-0.4, -0.2) is 19.2 Å². The van der Waals surface area contributed by atoms with Crippen molar-refractivity contribution in [2.24, 2.45) is 0 Å². The van der Waals surface area contributed by atoms with Gasteiger partial charge in [-0.05, 0) is 31.5 Å². The minimum absolute atomic E-state index is 0.180. The van der Waals surface area contributed by atoms with E-state index >= 15 is 0 Å². The van der Waals surface area contributed by atoms with Crippen molar-refractivity contribution >= 4 is 5.97 Å². The van der Waals surface area contributed by atoms with Gasteiger partial charge in [0.05, 0.1) is 18.8 Å². The Labute approximate surface area is 107 Å². The van der Waals surface area contributed by atoms with E-state index in [1.807, 2.05) is 0 Å². The van der Waals surface area contributed by atoms with Crippen LogP contribution in [0, 0.1) is 5.82 Å². The average molecular weight is 254 g/mol. The number of unbranched alkanes of at least 4 members (excludes halogenated alkanes) is 2. The van der Waals surface area contributed by atoms with Crippen LogP contribution in [0.5, 0.6) is 5.75 Å². The molecule has 1 aromatic carbocycles. The van der Waals surface area contributed by atoms with Crippen LogP contribution in [0.1, 0.15) is 43.5 Å². The molecule has 4 heteroatoms. The van der Waals surface area contributed by atoms with Gasteiger partial charge in [0, 0.05) is 0 Å². The highest BCUT2D eigenvalue weighted by atomic mass is 19.1. The largest absolute Gasteiger partial charge is 0.491 e.